The number of hydrogen-bond acceptors (Lipinski definition) is 5. The molecule has 9 heteroatoms. The van der Waals surface area contributed by atoms with Crippen molar-refractivity contribution < 1.29 is 19.5 Å². The summed E-state index contributed by atoms with van der Waals surface area (Å²) in [4.78, 5) is 40.5. The van der Waals surface area contributed by atoms with Crippen LogP contribution >= 0.6 is 22.9 Å². The number of aliphatic carboxylic acids is 1. The van der Waals surface area contributed by atoms with Crippen LogP contribution in [0.4, 0.5) is 0 Å². The van der Waals surface area contributed by atoms with Crippen LogP contribution in [0.3, 0.4) is 0 Å². The molecule has 1 aromatic rings. The molecule has 4 N–H and O–H groups in total. The fourth-order valence-corrected chi connectivity index (χ4v) is 4.89. The molecule has 0 aliphatic rings. The Morgan fingerprint density at radius 2 is 1.70 bits per heavy atom. The van der Waals surface area contributed by atoms with Crippen LogP contribution in [-0.2, 0) is 26.3 Å². The zero-order valence-corrected chi connectivity index (χ0v) is 26.1. The molecular formula is C28H45IN4O4. The van der Waals surface area contributed by atoms with Crippen LogP contribution in [0, 0.1) is 11.3 Å². The Labute approximate surface area is 236 Å². The molecule has 8 nitrogen and oxygen atoms in total. The molecule has 0 aliphatic heterocycles. The number of carbonyl (C=O) groups is 3. The molecule has 0 bridgehead atoms. The Bertz CT molecular complexity index is 985. The summed E-state index contributed by atoms with van der Waals surface area (Å²) < 4.78 is 3.13. The molecule has 208 valence electrons. The van der Waals surface area contributed by atoms with Crippen molar-refractivity contribution in [1.82, 2.24) is 19.1 Å². The first-order valence-corrected chi connectivity index (χ1v) is 13.7. The minimum atomic E-state index is -1.02. The third kappa shape index (κ3) is 8.78. The second kappa shape index (κ2) is 13.7. The topological polar surface area (TPSA) is 111 Å². The lowest BCUT2D eigenvalue weighted by molar-refractivity contribution is -0.141. The van der Waals surface area contributed by atoms with Crippen LogP contribution in [0.5, 0.6) is 0 Å². The van der Waals surface area contributed by atoms with Crippen LogP contribution in [0.25, 0.3) is 0 Å². The Kier molecular flexibility index (Phi) is 12.2. The van der Waals surface area contributed by atoms with Gasteiger partial charge in [0.15, 0.2) is 0 Å². The van der Waals surface area contributed by atoms with Crippen molar-refractivity contribution in [3.8, 4) is 0 Å². The summed E-state index contributed by atoms with van der Waals surface area (Å²) in [6, 6.07) is 6.28. The van der Waals surface area contributed by atoms with Gasteiger partial charge in [-0.3, -0.25) is 13.1 Å². The summed E-state index contributed by atoms with van der Waals surface area (Å²) in [7, 11) is 3.41. The highest BCUT2D eigenvalue weighted by atomic mass is 127. The molecule has 0 aromatic heterocycles. The fourth-order valence-electron chi connectivity index (χ4n) is 4.45. The highest BCUT2D eigenvalue weighted by molar-refractivity contribution is 14.1. The van der Waals surface area contributed by atoms with E-state index in [1.807, 2.05) is 66.7 Å². The zero-order chi connectivity index (χ0) is 28.7. The number of halogens is 1. The summed E-state index contributed by atoms with van der Waals surface area (Å²) in [6.07, 6.45) is 1.60. The number of rotatable bonds is 12. The molecule has 37 heavy (non-hydrogen) atoms. The monoisotopic (exact) mass is 628 g/mol. The second-order valence-electron chi connectivity index (χ2n) is 11.6. The number of carboxylic acids is 1. The lowest BCUT2D eigenvalue weighted by atomic mass is 9.76. The van der Waals surface area contributed by atoms with Gasteiger partial charge in [0.1, 0.15) is 6.04 Å². The van der Waals surface area contributed by atoms with Crippen LogP contribution in [-0.4, -0.2) is 60.0 Å². The van der Waals surface area contributed by atoms with Crippen molar-refractivity contribution in [2.45, 2.75) is 85.5 Å². The summed E-state index contributed by atoms with van der Waals surface area (Å²) in [5.41, 5.74) is 1.15. The number of nitrogens with zero attached hydrogens (tertiary/aromatic N) is 1. The summed E-state index contributed by atoms with van der Waals surface area (Å²) in [6.45, 7) is 15.9. The Morgan fingerprint density at radius 1 is 1.11 bits per heavy atom. The highest BCUT2D eigenvalue weighted by Gasteiger charge is 2.41. The SMILES string of the molecule is CN[C@@H](C(=O)N[C@H](C(=O)N(C)[C@H](/C=C(\C)C(=O)O)C(C)C)C(C)(C)C)C(C)(C)c1cccc(CNI)c1. The predicted octanol–water partition coefficient (Wildman–Crippen LogP) is 4.04. The number of carboxylic acid groups (broad SMARTS) is 1. The summed E-state index contributed by atoms with van der Waals surface area (Å²) in [5, 5.41) is 15.6. The molecule has 2 amide bonds. The molecule has 0 spiro atoms. The molecule has 1 rings (SSSR count). The third-order valence-electron chi connectivity index (χ3n) is 6.85. The van der Waals surface area contributed by atoms with E-state index in [2.05, 4.69) is 43.1 Å². The van der Waals surface area contributed by atoms with Crippen molar-refractivity contribution in [2.24, 2.45) is 11.3 Å². The van der Waals surface area contributed by atoms with E-state index in [0.29, 0.717) is 6.54 Å². The fraction of sp³-hybridized carbons (Fsp3) is 0.607. The average molecular weight is 629 g/mol. The number of hydrogen-bond donors (Lipinski definition) is 4. The number of carbonyl (C=O) groups excluding carboxylic acids is 2. The molecule has 0 unspecified atom stereocenters. The maximum atomic E-state index is 13.8. The van der Waals surface area contributed by atoms with Crippen LogP contribution < -0.4 is 14.2 Å². The first-order chi connectivity index (χ1) is 17.0. The smallest absolute Gasteiger partial charge is 0.331 e. The lowest BCUT2D eigenvalue weighted by Gasteiger charge is -2.40. The minimum absolute atomic E-state index is 0.0205. The Hall–Kier alpha value is -1.98. The van der Waals surface area contributed by atoms with Gasteiger partial charge in [0, 0.05) is 47.4 Å². The molecule has 0 fully saturated rings. The van der Waals surface area contributed by atoms with E-state index in [1.165, 1.54) is 6.92 Å². The van der Waals surface area contributed by atoms with E-state index in [0.717, 1.165) is 11.1 Å². The maximum Gasteiger partial charge on any atom is 0.331 e. The first-order valence-electron chi connectivity index (χ1n) is 12.6. The van der Waals surface area contributed by atoms with E-state index in [-0.39, 0.29) is 23.3 Å². The predicted molar refractivity (Wildman–Crippen MR) is 157 cm³/mol. The van der Waals surface area contributed by atoms with E-state index in [4.69, 9.17) is 0 Å². The van der Waals surface area contributed by atoms with Gasteiger partial charge < -0.3 is 20.6 Å². The van der Waals surface area contributed by atoms with E-state index in [1.54, 1.807) is 25.1 Å². The van der Waals surface area contributed by atoms with Gasteiger partial charge >= 0.3 is 5.97 Å². The lowest BCUT2D eigenvalue weighted by Crippen LogP contribution is -2.61. The van der Waals surface area contributed by atoms with Gasteiger partial charge in [-0.15, -0.1) is 0 Å². The third-order valence-corrected chi connectivity index (χ3v) is 7.23. The van der Waals surface area contributed by atoms with Crippen LogP contribution in [0.2, 0.25) is 0 Å². The van der Waals surface area contributed by atoms with E-state index in [9.17, 15) is 19.5 Å². The Balaban J connectivity index is 3.33. The van der Waals surface area contributed by atoms with Crippen molar-refractivity contribution in [3.05, 3.63) is 47.0 Å². The number of likely N-dealkylation sites (N-methyl/N-ethyl adjacent to an activating group) is 2. The van der Waals surface area contributed by atoms with Gasteiger partial charge in [-0.2, -0.15) is 0 Å². The standard InChI is InChI=1S/C28H45IN4O4/c1-17(2)21(14-18(3)26(36)37)33(10)25(35)23(27(4,5)6)32-24(34)22(30-9)28(7,8)20-13-11-12-19(15-20)16-31-29/h11-15,17,21-23,30-31H,16H2,1-10H3,(H,32,34)(H,36,37)/b18-14+/t21-,22+,23-/m1/s1. The van der Waals surface area contributed by atoms with Gasteiger partial charge in [-0.05, 0) is 36.4 Å². The van der Waals surface area contributed by atoms with Gasteiger partial charge in [-0.25, -0.2) is 4.79 Å². The van der Waals surface area contributed by atoms with E-state index >= 15 is 0 Å². The van der Waals surface area contributed by atoms with Crippen LogP contribution in [0.15, 0.2) is 35.9 Å². The highest BCUT2D eigenvalue weighted by Crippen LogP contribution is 2.30. The minimum Gasteiger partial charge on any atom is -0.478 e. The average Bonchev–Trinajstić information content (AvgIpc) is 2.79. The first kappa shape index (κ1) is 33.0. The number of amides is 2. The molecular weight excluding hydrogens is 583 g/mol. The number of benzene rings is 1. The normalized spacial score (nSPS) is 15.2. The molecule has 1 aromatic carbocycles. The van der Waals surface area contributed by atoms with Gasteiger partial charge in [0.2, 0.25) is 11.8 Å². The summed E-state index contributed by atoms with van der Waals surface area (Å²) >= 11 is 2.11. The maximum absolute atomic E-state index is 13.8. The van der Waals surface area contributed by atoms with Crippen molar-refractivity contribution >= 4 is 40.6 Å². The largest absolute Gasteiger partial charge is 0.478 e. The molecule has 3 atom stereocenters. The van der Waals surface area contributed by atoms with Gasteiger partial charge in [0.25, 0.3) is 0 Å². The molecule has 0 radical (unpaired) electrons. The zero-order valence-electron chi connectivity index (χ0n) is 23.9. The van der Waals surface area contributed by atoms with Gasteiger partial charge in [-0.1, -0.05) is 78.8 Å². The number of nitrogens with one attached hydrogen (secondary N) is 3. The summed E-state index contributed by atoms with van der Waals surface area (Å²) in [5.74, 6) is -1.58. The van der Waals surface area contributed by atoms with Crippen molar-refractivity contribution in [1.29, 1.82) is 0 Å². The van der Waals surface area contributed by atoms with Crippen molar-refractivity contribution in [2.75, 3.05) is 14.1 Å². The second-order valence-corrected chi connectivity index (χ2v) is 12.4. The van der Waals surface area contributed by atoms with Gasteiger partial charge in [0.05, 0.1) is 12.1 Å². The quantitative estimate of drug-likeness (QED) is 0.158. The molecule has 0 saturated heterocycles. The van der Waals surface area contributed by atoms with Crippen molar-refractivity contribution in [3.63, 3.8) is 0 Å². The molecule has 0 aliphatic carbocycles. The molecule has 0 saturated carbocycles. The Morgan fingerprint density at radius 3 is 2.16 bits per heavy atom. The molecule has 0 heterocycles. The van der Waals surface area contributed by atoms with Crippen LogP contribution in [0.1, 0.15) is 66.5 Å². The van der Waals surface area contributed by atoms with E-state index < -0.39 is 34.9 Å².